The molecular weight excluding hydrogens is 234 g/mol. The van der Waals surface area contributed by atoms with Gasteiger partial charge in [-0.05, 0) is 11.6 Å². The molecule has 0 aliphatic rings. The summed E-state index contributed by atoms with van der Waals surface area (Å²) in [7, 11) is 0. The topological polar surface area (TPSA) is 74.7 Å². The van der Waals surface area contributed by atoms with Gasteiger partial charge >= 0.3 is 6.09 Å². The van der Waals surface area contributed by atoms with Gasteiger partial charge in [-0.15, -0.1) is 0 Å². The zero-order valence-corrected chi connectivity index (χ0v) is 9.79. The number of rotatable bonds is 4. The van der Waals surface area contributed by atoms with Crippen molar-refractivity contribution in [3.05, 3.63) is 41.6 Å². The molecule has 5 heteroatoms. The molecule has 1 N–H and O–H groups in total. The van der Waals surface area contributed by atoms with Gasteiger partial charge < -0.3 is 5.11 Å². The monoisotopic (exact) mass is 246 g/mol. The van der Waals surface area contributed by atoms with E-state index in [-0.39, 0.29) is 12.1 Å². The number of hydrogen-bond donors (Lipinski definition) is 1. The Balaban J connectivity index is 3.14. The van der Waals surface area contributed by atoms with Crippen molar-refractivity contribution in [2.45, 2.75) is 13.3 Å². The third-order valence-corrected chi connectivity index (χ3v) is 2.19. The predicted molar refractivity (Wildman–Crippen MR) is 65.3 cm³/mol. The standard InChI is InChI=1S/C13H12NO4/c1-2-12(16)14(13(17)18)11(9-15)8-10-6-4-3-5-7-10/h3-8H,2H2,1H3,(H,17,18). The van der Waals surface area contributed by atoms with Crippen molar-refractivity contribution in [1.82, 2.24) is 4.90 Å². The van der Waals surface area contributed by atoms with Gasteiger partial charge in [0.2, 0.25) is 5.91 Å². The Morgan fingerprint density at radius 3 is 2.39 bits per heavy atom. The van der Waals surface area contributed by atoms with Gasteiger partial charge in [0.15, 0.2) is 0 Å². The second-order valence-electron chi connectivity index (χ2n) is 3.41. The van der Waals surface area contributed by atoms with Crippen LogP contribution in [0.4, 0.5) is 4.79 Å². The van der Waals surface area contributed by atoms with E-state index in [0.717, 1.165) is 0 Å². The Hall–Kier alpha value is -2.43. The summed E-state index contributed by atoms with van der Waals surface area (Å²) in [6, 6.07) is 8.64. The molecule has 18 heavy (non-hydrogen) atoms. The number of carbonyl (C=O) groups excluding carboxylic acids is 2. The van der Waals surface area contributed by atoms with E-state index in [1.807, 2.05) is 0 Å². The van der Waals surface area contributed by atoms with Crippen LogP contribution in [-0.4, -0.2) is 28.3 Å². The molecule has 0 unspecified atom stereocenters. The molecule has 2 amide bonds. The largest absolute Gasteiger partial charge is 0.464 e. The van der Waals surface area contributed by atoms with Gasteiger partial charge in [0, 0.05) is 6.42 Å². The molecule has 1 aromatic rings. The maximum Gasteiger partial charge on any atom is 0.418 e. The lowest BCUT2D eigenvalue weighted by molar-refractivity contribution is -0.126. The summed E-state index contributed by atoms with van der Waals surface area (Å²) in [5.41, 5.74) is 0.298. The van der Waals surface area contributed by atoms with Crippen LogP contribution in [0.3, 0.4) is 0 Å². The Kier molecular flexibility index (Phi) is 4.80. The maximum absolute atomic E-state index is 11.5. The summed E-state index contributed by atoms with van der Waals surface area (Å²) >= 11 is 0. The lowest BCUT2D eigenvalue weighted by Crippen LogP contribution is -2.35. The molecular formula is C13H12NO4. The van der Waals surface area contributed by atoms with Crippen molar-refractivity contribution in [2.24, 2.45) is 0 Å². The minimum Gasteiger partial charge on any atom is -0.464 e. The smallest absolute Gasteiger partial charge is 0.418 e. The first-order valence-corrected chi connectivity index (χ1v) is 5.31. The van der Waals surface area contributed by atoms with Gasteiger partial charge in [-0.2, -0.15) is 0 Å². The number of nitrogens with zero attached hydrogens (tertiary/aromatic N) is 1. The van der Waals surface area contributed by atoms with Crippen LogP contribution in [0.2, 0.25) is 0 Å². The highest BCUT2D eigenvalue weighted by Crippen LogP contribution is 2.11. The molecule has 0 fully saturated rings. The van der Waals surface area contributed by atoms with Gasteiger partial charge in [0.1, 0.15) is 5.70 Å². The molecule has 0 spiro atoms. The molecule has 0 aromatic heterocycles. The number of allylic oxidation sites excluding steroid dienone is 1. The number of imide groups is 1. The molecule has 0 saturated heterocycles. The lowest BCUT2D eigenvalue weighted by Gasteiger charge is -2.15. The van der Waals surface area contributed by atoms with E-state index < -0.39 is 12.0 Å². The molecule has 5 nitrogen and oxygen atoms in total. The van der Waals surface area contributed by atoms with E-state index in [0.29, 0.717) is 10.5 Å². The first kappa shape index (κ1) is 13.6. The Bertz CT molecular complexity index is 479. The highest BCUT2D eigenvalue weighted by molar-refractivity contribution is 6.00. The molecule has 93 valence electrons. The zero-order chi connectivity index (χ0) is 13.5. The minimum absolute atomic E-state index is 0.0138. The maximum atomic E-state index is 11.5. The van der Waals surface area contributed by atoms with Crippen molar-refractivity contribution >= 4 is 24.4 Å². The predicted octanol–water partition coefficient (Wildman–Crippen LogP) is 2.05. The fourth-order valence-electron chi connectivity index (χ4n) is 1.35. The van der Waals surface area contributed by atoms with Crippen LogP contribution in [0.5, 0.6) is 0 Å². The molecule has 0 aliphatic carbocycles. The summed E-state index contributed by atoms with van der Waals surface area (Å²) in [5, 5.41) is 8.94. The van der Waals surface area contributed by atoms with E-state index in [9.17, 15) is 14.4 Å². The van der Waals surface area contributed by atoms with E-state index in [4.69, 9.17) is 5.11 Å². The molecule has 0 atom stereocenters. The quantitative estimate of drug-likeness (QED) is 0.825. The van der Waals surface area contributed by atoms with E-state index in [2.05, 4.69) is 0 Å². The third-order valence-electron chi connectivity index (χ3n) is 2.19. The number of benzene rings is 1. The molecule has 0 aliphatic heterocycles. The molecule has 0 saturated carbocycles. The molecule has 1 radical (unpaired) electrons. The number of amides is 2. The zero-order valence-electron chi connectivity index (χ0n) is 9.79. The number of hydrogen-bond acceptors (Lipinski definition) is 3. The lowest BCUT2D eigenvalue weighted by atomic mass is 10.2. The summed E-state index contributed by atoms with van der Waals surface area (Å²) in [4.78, 5) is 33.7. The van der Waals surface area contributed by atoms with Crippen LogP contribution in [0.1, 0.15) is 18.9 Å². The van der Waals surface area contributed by atoms with Crippen LogP contribution < -0.4 is 0 Å². The normalized spacial score (nSPS) is 10.8. The van der Waals surface area contributed by atoms with Crippen molar-refractivity contribution in [1.29, 1.82) is 0 Å². The van der Waals surface area contributed by atoms with E-state index >= 15 is 0 Å². The molecule has 1 rings (SSSR count). The van der Waals surface area contributed by atoms with Crippen LogP contribution in [0.15, 0.2) is 36.0 Å². The molecule has 0 heterocycles. The summed E-state index contributed by atoms with van der Waals surface area (Å²) < 4.78 is 0. The van der Waals surface area contributed by atoms with Gasteiger partial charge in [0.05, 0.1) is 0 Å². The van der Waals surface area contributed by atoms with Crippen LogP contribution in [-0.2, 0) is 9.59 Å². The van der Waals surface area contributed by atoms with Crippen LogP contribution >= 0.6 is 0 Å². The SMILES string of the molecule is CCC(=O)N(C(=O)O)C([C]=O)=Cc1ccccc1. The second kappa shape index (κ2) is 6.34. The highest BCUT2D eigenvalue weighted by Gasteiger charge is 2.23. The molecule has 1 aromatic carbocycles. The number of carbonyl (C=O) groups is 2. The minimum atomic E-state index is -1.49. The average molecular weight is 246 g/mol. The Morgan fingerprint density at radius 2 is 1.94 bits per heavy atom. The van der Waals surface area contributed by atoms with Crippen molar-refractivity contribution in [3.63, 3.8) is 0 Å². The van der Waals surface area contributed by atoms with E-state index in [1.165, 1.54) is 19.3 Å². The first-order chi connectivity index (χ1) is 8.60. The highest BCUT2D eigenvalue weighted by atomic mass is 16.4. The fraction of sp³-hybridized carbons (Fsp3) is 0.154. The Labute approximate surface area is 104 Å². The van der Waals surface area contributed by atoms with Crippen molar-refractivity contribution in [2.75, 3.05) is 0 Å². The van der Waals surface area contributed by atoms with Gasteiger partial charge in [0.25, 0.3) is 6.29 Å². The number of carboxylic acid groups (broad SMARTS) is 1. The van der Waals surface area contributed by atoms with Crippen LogP contribution in [0.25, 0.3) is 6.08 Å². The fourth-order valence-corrected chi connectivity index (χ4v) is 1.35. The molecule has 0 bridgehead atoms. The van der Waals surface area contributed by atoms with Crippen molar-refractivity contribution in [3.8, 4) is 0 Å². The second-order valence-corrected chi connectivity index (χ2v) is 3.41. The van der Waals surface area contributed by atoms with Gasteiger partial charge in [-0.1, -0.05) is 37.3 Å². The van der Waals surface area contributed by atoms with E-state index in [1.54, 1.807) is 30.3 Å². The van der Waals surface area contributed by atoms with Crippen LogP contribution in [0, 0.1) is 0 Å². The van der Waals surface area contributed by atoms with Crippen molar-refractivity contribution < 1.29 is 19.5 Å². The van der Waals surface area contributed by atoms with Gasteiger partial charge in [-0.25, -0.2) is 9.69 Å². The first-order valence-electron chi connectivity index (χ1n) is 5.31. The Morgan fingerprint density at radius 1 is 1.33 bits per heavy atom. The summed E-state index contributed by atoms with van der Waals surface area (Å²) in [5.74, 6) is -0.673. The summed E-state index contributed by atoms with van der Waals surface area (Å²) in [6.45, 7) is 1.52. The average Bonchev–Trinajstić information content (AvgIpc) is 2.38. The third kappa shape index (κ3) is 3.28. The van der Waals surface area contributed by atoms with Gasteiger partial charge in [-0.3, -0.25) is 9.59 Å². The summed E-state index contributed by atoms with van der Waals surface area (Å²) in [6.07, 6.45) is 1.28.